The van der Waals surface area contributed by atoms with Gasteiger partial charge in [-0.3, -0.25) is 4.79 Å². The molecule has 1 rings (SSSR count). The van der Waals surface area contributed by atoms with Crippen LogP contribution in [-0.2, 0) is 14.8 Å². The first-order valence-corrected chi connectivity index (χ1v) is 3.81. The molecule has 0 aromatic heterocycles. The number of hydrogen-bond acceptors (Lipinski definition) is 3. The van der Waals surface area contributed by atoms with Crippen LogP contribution in [0.25, 0.3) is 0 Å². The average molecular weight is 147 g/mol. The van der Waals surface area contributed by atoms with Crippen molar-refractivity contribution in [3.63, 3.8) is 0 Å². The van der Waals surface area contributed by atoms with Crippen molar-refractivity contribution in [2.24, 2.45) is 0 Å². The van der Waals surface area contributed by atoms with Crippen molar-refractivity contribution in [2.75, 3.05) is 6.54 Å². The van der Waals surface area contributed by atoms with Gasteiger partial charge in [-0.15, -0.1) is 0 Å². The van der Waals surface area contributed by atoms with Crippen molar-refractivity contribution < 1.29 is 13.2 Å². The van der Waals surface area contributed by atoms with Gasteiger partial charge in [-0.2, -0.15) is 0 Å². The molecule has 50 valence electrons. The predicted molar refractivity (Wildman–Crippen MR) is 30.8 cm³/mol. The third kappa shape index (κ3) is 0.951. The zero-order chi connectivity index (χ0) is 6.91. The van der Waals surface area contributed by atoms with Crippen molar-refractivity contribution in [3.8, 4) is 0 Å². The molecule has 0 N–H and O–H groups in total. The van der Waals surface area contributed by atoms with Crippen LogP contribution in [0, 0.1) is 0 Å². The van der Waals surface area contributed by atoms with E-state index in [1.54, 1.807) is 0 Å². The van der Waals surface area contributed by atoms with Gasteiger partial charge >= 0.3 is 0 Å². The summed E-state index contributed by atoms with van der Waals surface area (Å²) >= 11 is 0. The molecule has 0 radical (unpaired) electrons. The number of carbonyl (C=O) groups excluding carboxylic acids is 1. The number of nitrogens with zero attached hydrogens (tertiary/aromatic N) is 1. The minimum atomic E-state index is -3.35. The smallest absolute Gasteiger partial charge is 0.259 e. The second kappa shape index (κ2) is 1.84. The highest BCUT2D eigenvalue weighted by molar-refractivity contribution is 7.92. The summed E-state index contributed by atoms with van der Waals surface area (Å²) in [6, 6.07) is 0. The SMILES string of the molecule is O=CN1CC=CS1(=O)=O. The average Bonchev–Trinajstić information content (AvgIpc) is 2.08. The highest BCUT2D eigenvalue weighted by atomic mass is 32.2. The maximum Gasteiger partial charge on any atom is 0.259 e. The minimum absolute atomic E-state index is 0.172. The van der Waals surface area contributed by atoms with Gasteiger partial charge in [0.05, 0.1) is 6.54 Å². The second-order valence-corrected chi connectivity index (χ2v) is 3.36. The highest BCUT2D eigenvalue weighted by Gasteiger charge is 2.19. The summed E-state index contributed by atoms with van der Waals surface area (Å²) in [5, 5.41) is 1.02. The second-order valence-electron chi connectivity index (χ2n) is 1.59. The van der Waals surface area contributed by atoms with Gasteiger partial charge in [0, 0.05) is 5.41 Å². The third-order valence-corrected chi connectivity index (χ3v) is 2.42. The lowest BCUT2D eigenvalue weighted by Crippen LogP contribution is -2.22. The molecule has 0 fully saturated rings. The van der Waals surface area contributed by atoms with E-state index in [1.807, 2.05) is 0 Å². The van der Waals surface area contributed by atoms with Crippen LogP contribution < -0.4 is 0 Å². The Morgan fingerprint density at radius 3 is 2.44 bits per heavy atom. The van der Waals surface area contributed by atoms with Crippen molar-refractivity contribution in [1.82, 2.24) is 4.31 Å². The van der Waals surface area contributed by atoms with Crippen LogP contribution in [0.4, 0.5) is 0 Å². The predicted octanol–water partition coefficient (Wildman–Crippen LogP) is -0.698. The molecule has 0 bridgehead atoms. The highest BCUT2D eigenvalue weighted by Crippen LogP contribution is 2.06. The van der Waals surface area contributed by atoms with Gasteiger partial charge in [0.25, 0.3) is 10.0 Å². The van der Waals surface area contributed by atoms with Crippen LogP contribution in [0.3, 0.4) is 0 Å². The number of sulfonamides is 1. The van der Waals surface area contributed by atoms with E-state index < -0.39 is 10.0 Å². The van der Waals surface area contributed by atoms with Gasteiger partial charge < -0.3 is 0 Å². The Bertz CT molecular complexity index is 241. The lowest BCUT2D eigenvalue weighted by Gasteiger charge is -2.04. The van der Waals surface area contributed by atoms with E-state index in [2.05, 4.69) is 0 Å². The summed E-state index contributed by atoms with van der Waals surface area (Å²) in [4.78, 5) is 9.93. The molecule has 0 aliphatic carbocycles. The Morgan fingerprint density at radius 1 is 1.56 bits per heavy atom. The van der Waals surface area contributed by atoms with Gasteiger partial charge in [-0.05, 0) is 0 Å². The summed E-state index contributed by atoms with van der Waals surface area (Å²) in [6.45, 7) is 0.172. The first kappa shape index (κ1) is 6.28. The topological polar surface area (TPSA) is 54.5 Å². The van der Waals surface area contributed by atoms with Crippen LogP contribution in [0.1, 0.15) is 0 Å². The molecule has 0 aromatic rings. The number of rotatable bonds is 1. The van der Waals surface area contributed by atoms with E-state index in [1.165, 1.54) is 6.08 Å². The summed E-state index contributed by atoms with van der Waals surface area (Å²) in [6.07, 6.45) is 1.72. The van der Waals surface area contributed by atoms with E-state index in [4.69, 9.17) is 0 Å². The van der Waals surface area contributed by atoms with Crippen molar-refractivity contribution in [1.29, 1.82) is 0 Å². The Hall–Kier alpha value is -0.840. The lowest BCUT2D eigenvalue weighted by atomic mass is 10.6. The molecule has 0 spiro atoms. The number of hydrogen-bond donors (Lipinski definition) is 0. The number of carbonyl (C=O) groups is 1. The minimum Gasteiger partial charge on any atom is -0.278 e. The fourth-order valence-electron chi connectivity index (χ4n) is 0.554. The third-order valence-electron chi connectivity index (χ3n) is 0.998. The molecule has 0 saturated heterocycles. The van der Waals surface area contributed by atoms with Crippen LogP contribution in [0.5, 0.6) is 0 Å². The summed E-state index contributed by atoms with van der Waals surface area (Å²) < 4.78 is 21.9. The molecular weight excluding hydrogens is 142 g/mol. The van der Waals surface area contributed by atoms with Gasteiger partial charge in [-0.1, -0.05) is 6.08 Å². The molecule has 0 unspecified atom stereocenters. The molecule has 1 amide bonds. The zero-order valence-corrected chi connectivity index (χ0v) is 5.34. The maximum absolute atomic E-state index is 10.6. The lowest BCUT2D eigenvalue weighted by molar-refractivity contribution is -0.113. The summed E-state index contributed by atoms with van der Waals surface area (Å²) in [5.74, 6) is 0. The van der Waals surface area contributed by atoms with Crippen molar-refractivity contribution in [3.05, 3.63) is 11.5 Å². The van der Waals surface area contributed by atoms with E-state index in [-0.39, 0.29) is 6.54 Å². The molecule has 1 aliphatic rings. The first-order chi connectivity index (χ1) is 4.17. The molecule has 5 heteroatoms. The molecule has 1 heterocycles. The molecule has 0 atom stereocenters. The largest absolute Gasteiger partial charge is 0.278 e. The molecule has 0 saturated carbocycles. The Kier molecular flexibility index (Phi) is 1.28. The van der Waals surface area contributed by atoms with Gasteiger partial charge in [0.1, 0.15) is 0 Å². The molecule has 9 heavy (non-hydrogen) atoms. The van der Waals surface area contributed by atoms with Crippen molar-refractivity contribution >= 4 is 16.4 Å². The van der Waals surface area contributed by atoms with Gasteiger partial charge in [-0.25, -0.2) is 12.7 Å². The summed E-state index contributed by atoms with van der Waals surface area (Å²) in [7, 11) is -3.35. The van der Waals surface area contributed by atoms with Crippen LogP contribution in [-0.4, -0.2) is 25.7 Å². The van der Waals surface area contributed by atoms with E-state index in [0.717, 1.165) is 9.71 Å². The van der Waals surface area contributed by atoms with Crippen LogP contribution >= 0.6 is 0 Å². The van der Waals surface area contributed by atoms with Crippen molar-refractivity contribution in [2.45, 2.75) is 0 Å². The Morgan fingerprint density at radius 2 is 2.22 bits per heavy atom. The quantitative estimate of drug-likeness (QED) is 0.461. The monoisotopic (exact) mass is 147 g/mol. The standard InChI is InChI=1S/C4H5NO3S/c6-4-5-2-1-3-9(5,7)8/h1,3-4H,2H2. The molecule has 1 aliphatic heterocycles. The van der Waals surface area contributed by atoms with E-state index in [0.29, 0.717) is 6.41 Å². The molecule has 4 nitrogen and oxygen atoms in total. The molecular formula is C4H5NO3S. The maximum atomic E-state index is 10.6. The molecule has 0 aromatic carbocycles. The van der Waals surface area contributed by atoms with Crippen LogP contribution in [0.2, 0.25) is 0 Å². The normalized spacial score (nSPS) is 22.4. The van der Waals surface area contributed by atoms with Crippen LogP contribution in [0.15, 0.2) is 11.5 Å². The summed E-state index contributed by atoms with van der Waals surface area (Å²) in [5.41, 5.74) is 0. The van der Waals surface area contributed by atoms with E-state index in [9.17, 15) is 13.2 Å². The first-order valence-electron chi connectivity index (χ1n) is 2.30. The fourth-order valence-corrected chi connectivity index (χ4v) is 1.45. The Balaban J connectivity index is 2.98. The van der Waals surface area contributed by atoms with E-state index >= 15 is 0 Å². The number of amides is 1. The zero-order valence-electron chi connectivity index (χ0n) is 4.52. The van der Waals surface area contributed by atoms with Gasteiger partial charge in [0.15, 0.2) is 0 Å². The Labute approximate surface area is 52.8 Å². The fraction of sp³-hybridized carbons (Fsp3) is 0.250. The van der Waals surface area contributed by atoms with Gasteiger partial charge in [0.2, 0.25) is 6.41 Å².